The van der Waals surface area contributed by atoms with Crippen molar-refractivity contribution in [2.45, 2.75) is 18.8 Å². The van der Waals surface area contributed by atoms with E-state index in [4.69, 9.17) is 9.72 Å². The summed E-state index contributed by atoms with van der Waals surface area (Å²) >= 11 is 1.78. The number of carbonyl (C=O) groups is 1. The number of nitrogens with zero attached hydrogens (tertiary/aromatic N) is 2. The van der Waals surface area contributed by atoms with Gasteiger partial charge in [0.2, 0.25) is 0 Å². The minimum absolute atomic E-state index is 0.0617. The molecule has 4 rings (SSSR count). The van der Waals surface area contributed by atoms with Gasteiger partial charge in [-0.2, -0.15) is 0 Å². The molecule has 0 spiro atoms. The van der Waals surface area contributed by atoms with Crippen LogP contribution in [-0.2, 0) is 4.79 Å². The van der Waals surface area contributed by atoms with E-state index < -0.39 is 0 Å². The molecule has 0 saturated carbocycles. The lowest BCUT2D eigenvalue weighted by atomic mass is 9.97. The van der Waals surface area contributed by atoms with Gasteiger partial charge in [-0.3, -0.25) is 4.79 Å². The van der Waals surface area contributed by atoms with Crippen LogP contribution in [0.2, 0.25) is 0 Å². The van der Waals surface area contributed by atoms with Crippen molar-refractivity contribution in [2.75, 3.05) is 19.7 Å². The molecule has 1 aliphatic rings. The summed E-state index contributed by atoms with van der Waals surface area (Å²) in [7, 11) is 0. The lowest BCUT2D eigenvalue weighted by Crippen LogP contribution is -2.40. The first-order valence-corrected chi connectivity index (χ1v) is 9.42. The Labute approximate surface area is 151 Å². The third kappa shape index (κ3) is 3.66. The first-order valence-electron chi connectivity index (χ1n) is 8.61. The second kappa shape index (κ2) is 7.23. The van der Waals surface area contributed by atoms with E-state index >= 15 is 0 Å². The van der Waals surface area contributed by atoms with Crippen molar-refractivity contribution >= 4 is 27.5 Å². The Morgan fingerprint density at radius 1 is 1.08 bits per heavy atom. The molecule has 2 heterocycles. The van der Waals surface area contributed by atoms with Crippen LogP contribution < -0.4 is 4.74 Å². The first kappa shape index (κ1) is 16.1. The van der Waals surface area contributed by atoms with Crippen molar-refractivity contribution in [2.24, 2.45) is 0 Å². The van der Waals surface area contributed by atoms with Gasteiger partial charge in [0.1, 0.15) is 5.75 Å². The predicted octanol–water partition coefficient (Wildman–Crippen LogP) is 4.08. The minimum Gasteiger partial charge on any atom is -0.484 e. The van der Waals surface area contributed by atoms with E-state index in [0.717, 1.165) is 37.2 Å². The number of fused-ring (bicyclic) bond motifs is 1. The first-order chi connectivity index (χ1) is 12.3. The fraction of sp³-hybridized carbons (Fsp3) is 0.300. The average Bonchev–Trinajstić information content (AvgIpc) is 3.11. The summed E-state index contributed by atoms with van der Waals surface area (Å²) in [5, 5.41) is 1.20. The molecule has 1 fully saturated rings. The molecule has 3 aromatic rings. The summed E-state index contributed by atoms with van der Waals surface area (Å²) in [4.78, 5) is 19.0. The molecule has 25 heavy (non-hydrogen) atoms. The van der Waals surface area contributed by atoms with Gasteiger partial charge in [-0.1, -0.05) is 30.3 Å². The number of hydrogen-bond donors (Lipinski definition) is 0. The highest BCUT2D eigenvalue weighted by molar-refractivity contribution is 7.18. The minimum atomic E-state index is 0.0617. The van der Waals surface area contributed by atoms with Crippen LogP contribution in [-0.4, -0.2) is 35.5 Å². The second-order valence-corrected chi connectivity index (χ2v) is 7.34. The highest BCUT2D eigenvalue weighted by Crippen LogP contribution is 2.33. The van der Waals surface area contributed by atoms with Crippen LogP contribution in [0.5, 0.6) is 5.75 Å². The highest BCUT2D eigenvalue weighted by atomic mass is 32.1. The monoisotopic (exact) mass is 352 g/mol. The number of thiazole rings is 1. The highest BCUT2D eigenvalue weighted by Gasteiger charge is 2.26. The fourth-order valence-electron chi connectivity index (χ4n) is 3.19. The van der Waals surface area contributed by atoms with E-state index in [1.165, 1.54) is 9.71 Å². The van der Waals surface area contributed by atoms with Gasteiger partial charge in [0.05, 0.1) is 15.2 Å². The van der Waals surface area contributed by atoms with E-state index in [-0.39, 0.29) is 12.5 Å². The van der Waals surface area contributed by atoms with Crippen molar-refractivity contribution in [3.05, 3.63) is 59.6 Å². The summed E-state index contributed by atoms with van der Waals surface area (Å²) in [6.07, 6.45) is 1.94. The number of para-hydroxylation sites is 2. The topological polar surface area (TPSA) is 42.4 Å². The van der Waals surface area contributed by atoms with Gasteiger partial charge < -0.3 is 9.64 Å². The molecule has 1 amide bonds. The smallest absolute Gasteiger partial charge is 0.260 e. The molecule has 128 valence electrons. The molecule has 0 atom stereocenters. The van der Waals surface area contributed by atoms with Gasteiger partial charge >= 0.3 is 0 Å². The van der Waals surface area contributed by atoms with Crippen LogP contribution in [0.15, 0.2) is 54.6 Å². The van der Waals surface area contributed by atoms with Crippen molar-refractivity contribution in [1.82, 2.24) is 9.88 Å². The number of rotatable bonds is 4. The number of benzene rings is 2. The van der Waals surface area contributed by atoms with Crippen molar-refractivity contribution in [3.63, 3.8) is 0 Å². The van der Waals surface area contributed by atoms with Crippen LogP contribution >= 0.6 is 11.3 Å². The van der Waals surface area contributed by atoms with Gasteiger partial charge in [0.25, 0.3) is 5.91 Å². The van der Waals surface area contributed by atoms with Crippen molar-refractivity contribution in [3.8, 4) is 5.75 Å². The van der Waals surface area contributed by atoms with Gasteiger partial charge in [-0.15, -0.1) is 11.3 Å². The van der Waals surface area contributed by atoms with Crippen LogP contribution in [0.25, 0.3) is 10.2 Å². The maximum Gasteiger partial charge on any atom is 0.260 e. The van der Waals surface area contributed by atoms with E-state index in [0.29, 0.717) is 5.92 Å². The zero-order valence-electron chi connectivity index (χ0n) is 13.9. The zero-order valence-corrected chi connectivity index (χ0v) is 14.7. The molecule has 0 radical (unpaired) electrons. The molecule has 0 N–H and O–H groups in total. The zero-order chi connectivity index (χ0) is 17.1. The Morgan fingerprint density at radius 2 is 1.80 bits per heavy atom. The number of likely N-dealkylation sites (tertiary alicyclic amines) is 1. The number of aromatic nitrogens is 1. The quantitative estimate of drug-likeness (QED) is 0.710. The number of piperidine rings is 1. The second-order valence-electron chi connectivity index (χ2n) is 6.28. The number of amides is 1. The van der Waals surface area contributed by atoms with Gasteiger partial charge in [0.15, 0.2) is 6.61 Å². The van der Waals surface area contributed by atoms with E-state index in [2.05, 4.69) is 18.2 Å². The molecular formula is C20H20N2O2S. The predicted molar refractivity (Wildman–Crippen MR) is 100 cm³/mol. The third-order valence-corrected chi connectivity index (χ3v) is 5.81. The van der Waals surface area contributed by atoms with Crippen LogP contribution in [0.1, 0.15) is 23.8 Å². The maximum absolute atomic E-state index is 12.3. The molecule has 4 nitrogen and oxygen atoms in total. The van der Waals surface area contributed by atoms with Gasteiger partial charge in [-0.05, 0) is 37.1 Å². The molecule has 0 bridgehead atoms. The Bertz CT molecular complexity index is 821. The fourth-order valence-corrected chi connectivity index (χ4v) is 4.33. The van der Waals surface area contributed by atoms with E-state index in [1.54, 1.807) is 11.3 Å². The van der Waals surface area contributed by atoms with E-state index in [9.17, 15) is 4.79 Å². The molecule has 1 aromatic heterocycles. The Morgan fingerprint density at radius 3 is 2.56 bits per heavy atom. The van der Waals surface area contributed by atoms with Crippen LogP contribution in [0.3, 0.4) is 0 Å². The molecule has 2 aromatic carbocycles. The standard InChI is InChI=1S/C20H20N2O2S/c23-19(14-24-16-6-2-1-3-7-16)22-12-10-15(11-13-22)20-21-17-8-4-5-9-18(17)25-20/h1-9,15H,10-14H2. The van der Waals surface area contributed by atoms with Gasteiger partial charge in [0, 0.05) is 19.0 Å². The van der Waals surface area contributed by atoms with Gasteiger partial charge in [-0.25, -0.2) is 4.98 Å². The molecule has 5 heteroatoms. The summed E-state index contributed by atoms with van der Waals surface area (Å²) in [5.41, 5.74) is 1.08. The van der Waals surface area contributed by atoms with E-state index in [1.807, 2.05) is 41.3 Å². The largest absolute Gasteiger partial charge is 0.484 e. The summed E-state index contributed by atoms with van der Waals surface area (Å²) in [5.74, 6) is 1.25. The summed E-state index contributed by atoms with van der Waals surface area (Å²) < 4.78 is 6.81. The normalized spacial score (nSPS) is 15.4. The Balaban J connectivity index is 1.32. The molecular weight excluding hydrogens is 332 g/mol. The average molecular weight is 352 g/mol. The molecule has 0 unspecified atom stereocenters. The van der Waals surface area contributed by atoms with Crippen molar-refractivity contribution in [1.29, 1.82) is 0 Å². The van der Waals surface area contributed by atoms with Crippen LogP contribution in [0.4, 0.5) is 0 Å². The lowest BCUT2D eigenvalue weighted by molar-refractivity contribution is -0.134. The Kier molecular flexibility index (Phi) is 4.65. The maximum atomic E-state index is 12.3. The molecule has 1 saturated heterocycles. The summed E-state index contributed by atoms with van der Waals surface area (Å²) in [6.45, 7) is 1.66. The molecule has 0 aliphatic carbocycles. The number of hydrogen-bond acceptors (Lipinski definition) is 4. The van der Waals surface area contributed by atoms with Crippen LogP contribution in [0, 0.1) is 0 Å². The Hall–Kier alpha value is -2.40. The molecule has 1 aliphatic heterocycles. The third-order valence-electron chi connectivity index (χ3n) is 4.61. The number of ether oxygens (including phenoxy) is 1. The lowest BCUT2D eigenvalue weighted by Gasteiger charge is -2.31. The van der Waals surface area contributed by atoms with Crippen molar-refractivity contribution < 1.29 is 9.53 Å². The number of carbonyl (C=O) groups excluding carboxylic acids is 1. The summed E-state index contributed by atoms with van der Waals surface area (Å²) in [6, 6.07) is 17.7. The SMILES string of the molecule is O=C(COc1ccccc1)N1CCC(c2nc3ccccc3s2)CC1.